The molecule has 4 aromatic rings. The molecule has 0 N–H and O–H groups in total. The second kappa shape index (κ2) is 15.1. The number of carbonyl (C=O) groups is 1. The number of aromatic nitrogens is 1. The van der Waals surface area contributed by atoms with E-state index in [-0.39, 0.29) is 5.41 Å². The first-order valence-electron chi connectivity index (χ1n) is 17.0. The second-order valence-corrected chi connectivity index (χ2v) is 13.6. The van der Waals surface area contributed by atoms with E-state index in [1.165, 1.54) is 123 Å². The smallest absolute Gasteiger partial charge is 0.160 e. The Balaban J connectivity index is 1.67. The molecule has 2 aromatic carbocycles. The number of unbranched alkanes of at least 4 members (excludes halogenated alkanes) is 9. The minimum absolute atomic E-state index is 0.0546. The zero-order chi connectivity index (χ0) is 30.1. The van der Waals surface area contributed by atoms with Crippen molar-refractivity contribution in [1.29, 1.82) is 0 Å². The molecule has 2 aromatic heterocycles. The van der Waals surface area contributed by atoms with Gasteiger partial charge in [-0.1, -0.05) is 128 Å². The fourth-order valence-electron chi connectivity index (χ4n) is 7.34. The maximum atomic E-state index is 11.2. The Kier molecular flexibility index (Phi) is 11.0. The minimum atomic E-state index is 0.0546. The van der Waals surface area contributed by atoms with E-state index in [4.69, 9.17) is 0 Å². The molecule has 1 aliphatic carbocycles. The summed E-state index contributed by atoms with van der Waals surface area (Å²) in [6.45, 7) is 7.99. The topological polar surface area (TPSA) is 22.0 Å². The van der Waals surface area contributed by atoms with Crippen molar-refractivity contribution in [3.8, 4) is 23.1 Å². The molecule has 0 spiro atoms. The van der Waals surface area contributed by atoms with Crippen LogP contribution in [0.3, 0.4) is 0 Å². The summed E-state index contributed by atoms with van der Waals surface area (Å²) < 4.78 is 2.67. The van der Waals surface area contributed by atoms with Gasteiger partial charge in [-0.25, -0.2) is 0 Å². The van der Waals surface area contributed by atoms with Crippen molar-refractivity contribution in [2.75, 3.05) is 0 Å². The van der Waals surface area contributed by atoms with E-state index in [2.05, 4.69) is 79.6 Å². The quantitative estimate of drug-likeness (QED) is 0.0721. The number of hydrogen-bond acceptors (Lipinski definition) is 2. The molecule has 0 bridgehead atoms. The molecule has 0 unspecified atom stereocenters. The van der Waals surface area contributed by atoms with Gasteiger partial charge in [0.2, 0.25) is 0 Å². The standard InChI is InChI=1S/C40H49NOS/c1-4-7-10-15-26-40(27-16-11-8-5-2)36-19-14-13-18-34(36)39-38(40)35-29-31(20-22-32-23-24-33(30-42)43-32)21-25-37(35)41(39)28-17-12-9-6-3/h13-14,18-19,21,23-25,29-30H,4-12,15-17,26-28H2,1-3H3. The Bertz CT molecular complexity index is 1560. The Labute approximate surface area is 263 Å². The molecule has 5 rings (SSSR count). The third kappa shape index (κ3) is 6.71. The summed E-state index contributed by atoms with van der Waals surface area (Å²) in [6, 6.07) is 20.1. The van der Waals surface area contributed by atoms with Gasteiger partial charge in [0, 0.05) is 34.0 Å². The zero-order valence-electron chi connectivity index (χ0n) is 26.6. The Hall–Kier alpha value is -3.09. The normalized spacial score (nSPS) is 13.1. The van der Waals surface area contributed by atoms with Crippen molar-refractivity contribution in [2.45, 2.75) is 123 Å². The van der Waals surface area contributed by atoms with Crippen molar-refractivity contribution in [1.82, 2.24) is 4.57 Å². The molecule has 226 valence electrons. The first-order chi connectivity index (χ1) is 21.2. The molecule has 0 fully saturated rings. The van der Waals surface area contributed by atoms with Crippen LogP contribution in [0.25, 0.3) is 22.2 Å². The molecule has 0 saturated heterocycles. The molecule has 3 heteroatoms. The fourth-order valence-corrected chi connectivity index (χ4v) is 8.01. The summed E-state index contributed by atoms with van der Waals surface area (Å²) >= 11 is 1.46. The van der Waals surface area contributed by atoms with Crippen LogP contribution in [0.2, 0.25) is 0 Å². The average Bonchev–Trinajstić information content (AvgIpc) is 3.71. The van der Waals surface area contributed by atoms with Crippen LogP contribution in [0.1, 0.15) is 142 Å². The van der Waals surface area contributed by atoms with Crippen LogP contribution in [0.4, 0.5) is 0 Å². The number of carbonyl (C=O) groups excluding carboxylic acids is 1. The first kappa shape index (κ1) is 31.3. The van der Waals surface area contributed by atoms with Gasteiger partial charge < -0.3 is 4.57 Å². The van der Waals surface area contributed by atoms with Crippen molar-refractivity contribution in [3.05, 3.63) is 81.0 Å². The molecule has 2 nitrogen and oxygen atoms in total. The van der Waals surface area contributed by atoms with Crippen molar-refractivity contribution in [2.24, 2.45) is 0 Å². The molecule has 2 heterocycles. The van der Waals surface area contributed by atoms with E-state index in [1.54, 1.807) is 11.1 Å². The largest absolute Gasteiger partial charge is 0.340 e. The summed E-state index contributed by atoms with van der Waals surface area (Å²) in [4.78, 5) is 12.9. The first-order valence-corrected chi connectivity index (χ1v) is 17.8. The molecule has 0 atom stereocenters. The summed E-state index contributed by atoms with van der Waals surface area (Å²) in [5.74, 6) is 6.79. The SMILES string of the molecule is CCCCCCn1c2c(c3cc(C#Cc4ccc(C=O)s4)ccc31)C(CCCCCC)(CCCCCC)c1ccccc1-2. The molecule has 0 aliphatic heterocycles. The lowest BCUT2D eigenvalue weighted by atomic mass is 9.70. The van der Waals surface area contributed by atoms with E-state index in [9.17, 15) is 4.79 Å². The number of fused-ring (bicyclic) bond motifs is 5. The predicted octanol–water partition coefficient (Wildman–Crippen LogP) is 11.7. The number of aryl methyl sites for hydroxylation is 1. The van der Waals surface area contributed by atoms with Crippen molar-refractivity contribution in [3.63, 3.8) is 0 Å². The lowest BCUT2D eigenvalue weighted by Gasteiger charge is -2.32. The Morgan fingerprint density at radius 1 is 0.767 bits per heavy atom. The third-order valence-electron chi connectivity index (χ3n) is 9.46. The molecule has 0 amide bonds. The van der Waals surface area contributed by atoms with E-state index in [0.717, 1.165) is 28.1 Å². The zero-order valence-corrected chi connectivity index (χ0v) is 27.5. The number of thiophene rings is 1. The van der Waals surface area contributed by atoms with Crippen LogP contribution in [0.5, 0.6) is 0 Å². The molecular formula is C40H49NOS. The van der Waals surface area contributed by atoms with Gasteiger partial charge in [0.25, 0.3) is 0 Å². The van der Waals surface area contributed by atoms with E-state index in [1.807, 2.05) is 12.1 Å². The van der Waals surface area contributed by atoms with Crippen molar-refractivity contribution < 1.29 is 4.79 Å². The van der Waals surface area contributed by atoms with Gasteiger partial charge in [-0.2, -0.15) is 0 Å². The maximum absolute atomic E-state index is 11.2. The van der Waals surface area contributed by atoms with Crippen LogP contribution in [-0.2, 0) is 12.0 Å². The van der Waals surface area contributed by atoms with Gasteiger partial charge in [0.1, 0.15) is 0 Å². The van der Waals surface area contributed by atoms with Crippen LogP contribution < -0.4 is 0 Å². The second-order valence-electron chi connectivity index (χ2n) is 12.5. The highest BCUT2D eigenvalue weighted by molar-refractivity contribution is 7.14. The highest BCUT2D eigenvalue weighted by Crippen LogP contribution is 2.57. The summed E-state index contributed by atoms with van der Waals surface area (Å²) in [5, 5.41) is 1.40. The number of nitrogens with zero attached hydrogens (tertiary/aromatic N) is 1. The number of rotatable bonds is 16. The van der Waals surface area contributed by atoms with Crippen LogP contribution in [0.15, 0.2) is 54.6 Å². The van der Waals surface area contributed by atoms with E-state index >= 15 is 0 Å². The minimum Gasteiger partial charge on any atom is -0.340 e. The number of hydrogen-bond donors (Lipinski definition) is 0. The van der Waals surface area contributed by atoms with Gasteiger partial charge in [0.05, 0.1) is 15.4 Å². The highest BCUT2D eigenvalue weighted by atomic mass is 32.1. The summed E-state index contributed by atoms with van der Waals surface area (Å²) in [5.41, 5.74) is 8.56. The monoisotopic (exact) mass is 591 g/mol. The third-order valence-corrected chi connectivity index (χ3v) is 10.4. The van der Waals surface area contributed by atoms with Crippen molar-refractivity contribution >= 4 is 28.5 Å². The van der Waals surface area contributed by atoms with Gasteiger partial charge in [-0.05, 0) is 60.7 Å². The number of benzene rings is 2. The van der Waals surface area contributed by atoms with Gasteiger partial charge >= 0.3 is 0 Å². The highest BCUT2D eigenvalue weighted by Gasteiger charge is 2.45. The molecule has 0 radical (unpaired) electrons. The lowest BCUT2D eigenvalue weighted by Crippen LogP contribution is -2.25. The Morgan fingerprint density at radius 2 is 1.47 bits per heavy atom. The Morgan fingerprint density at radius 3 is 2.14 bits per heavy atom. The summed E-state index contributed by atoms with van der Waals surface area (Å²) in [7, 11) is 0. The van der Waals surface area contributed by atoms with Crippen LogP contribution >= 0.6 is 11.3 Å². The molecule has 43 heavy (non-hydrogen) atoms. The average molecular weight is 592 g/mol. The molecule has 0 saturated carbocycles. The van der Waals surface area contributed by atoms with Gasteiger partial charge in [-0.15, -0.1) is 11.3 Å². The predicted molar refractivity (Wildman–Crippen MR) is 186 cm³/mol. The molecule has 1 aliphatic rings. The number of aldehydes is 1. The van der Waals surface area contributed by atoms with Crippen LogP contribution in [-0.4, -0.2) is 10.9 Å². The van der Waals surface area contributed by atoms with Gasteiger partial charge in [0.15, 0.2) is 6.29 Å². The van der Waals surface area contributed by atoms with E-state index < -0.39 is 0 Å². The molecular weight excluding hydrogens is 543 g/mol. The van der Waals surface area contributed by atoms with E-state index in [0.29, 0.717) is 0 Å². The van der Waals surface area contributed by atoms with Crippen LogP contribution in [0, 0.1) is 11.8 Å². The maximum Gasteiger partial charge on any atom is 0.160 e. The summed E-state index contributed by atoms with van der Waals surface area (Å²) in [6.07, 6.45) is 18.7. The fraction of sp³-hybridized carbons (Fsp3) is 0.475. The van der Waals surface area contributed by atoms with Gasteiger partial charge in [-0.3, -0.25) is 4.79 Å². The lowest BCUT2D eigenvalue weighted by molar-refractivity contribution is 0.112.